The van der Waals surface area contributed by atoms with Gasteiger partial charge in [0.2, 0.25) is 5.78 Å². The number of carboxylic acids is 1. The first kappa shape index (κ1) is 33.4. The monoisotopic (exact) mass is 686 g/mol. The molecule has 0 spiro atoms. The Morgan fingerprint density at radius 3 is 2.48 bits per heavy atom. The summed E-state index contributed by atoms with van der Waals surface area (Å²) in [5.74, 6) is -4.56. The van der Waals surface area contributed by atoms with Gasteiger partial charge in [-0.2, -0.15) is 12.7 Å². The number of carbonyl (C=O) groups is 2. The minimum Gasteiger partial charge on any atom is -0.480 e. The zero-order valence-electron chi connectivity index (χ0n) is 25.7. The fourth-order valence-corrected chi connectivity index (χ4v) is 7.15. The smallest absolute Gasteiger partial charge is 0.329 e. The number of aliphatic carboxylic acids is 1. The number of carbonyl (C=O) groups excluding carboxylic acids is 1. The molecule has 2 aliphatic heterocycles. The van der Waals surface area contributed by atoms with E-state index in [4.69, 9.17) is 9.84 Å². The van der Waals surface area contributed by atoms with Crippen LogP contribution >= 0.6 is 0 Å². The molecule has 1 atom stereocenters. The number of nitrogens with one attached hydrogen (secondary N) is 2. The first-order chi connectivity index (χ1) is 23.0. The second-order valence-corrected chi connectivity index (χ2v) is 13.3. The SMILES string of the molecule is O=C(O)COCCN1CCN(c2ccc(-c3cnc4[nH]cc(C(=O)c5c(F)ccc(NS(=O)(=O)N6CC[C@@H](F)C6)c5F)c4c3)cc2)CC1. The first-order valence-electron chi connectivity index (χ1n) is 15.3. The quantitative estimate of drug-likeness (QED) is 0.150. The molecule has 2 aromatic carbocycles. The van der Waals surface area contributed by atoms with Crippen molar-refractivity contribution in [3.63, 3.8) is 0 Å². The van der Waals surface area contributed by atoms with Crippen molar-refractivity contribution in [2.75, 3.05) is 68.6 Å². The normalized spacial score (nSPS) is 17.6. The molecule has 2 aromatic heterocycles. The highest BCUT2D eigenvalue weighted by molar-refractivity contribution is 7.90. The van der Waals surface area contributed by atoms with E-state index in [1.807, 2.05) is 29.0 Å². The van der Waals surface area contributed by atoms with Crippen LogP contribution in [0.2, 0.25) is 0 Å². The molecule has 254 valence electrons. The molecule has 0 aliphatic carbocycles. The van der Waals surface area contributed by atoms with Crippen LogP contribution in [0.15, 0.2) is 54.9 Å². The summed E-state index contributed by atoms with van der Waals surface area (Å²) in [5.41, 5.74) is 1.16. The molecule has 48 heavy (non-hydrogen) atoms. The molecule has 0 saturated carbocycles. The highest BCUT2D eigenvalue weighted by Gasteiger charge is 2.33. The van der Waals surface area contributed by atoms with Crippen molar-refractivity contribution in [2.24, 2.45) is 0 Å². The van der Waals surface area contributed by atoms with E-state index >= 15 is 4.39 Å². The predicted octanol–water partition coefficient (Wildman–Crippen LogP) is 3.66. The Hall–Kier alpha value is -4.51. The van der Waals surface area contributed by atoms with Gasteiger partial charge in [-0.25, -0.2) is 22.9 Å². The number of hydrogen-bond acceptors (Lipinski definition) is 8. The molecule has 0 radical (unpaired) electrons. The summed E-state index contributed by atoms with van der Waals surface area (Å²) in [6, 6.07) is 11.1. The highest BCUT2D eigenvalue weighted by atomic mass is 32.2. The van der Waals surface area contributed by atoms with E-state index in [1.54, 1.807) is 12.3 Å². The van der Waals surface area contributed by atoms with Gasteiger partial charge in [0.1, 0.15) is 24.2 Å². The molecule has 2 aliphatic rings. The molecule has 12 nitrogen and oxygen atoms in total. The highest BCUT2D eigenvalue weighted by Crippen LogP contribution is 2.31. The van der Waals surface area contributed by atoms with Crippen LogP contribution in [-0.4, -0.2) is 110 Å². The number of rotatable bonds is 12. The number of ketones is 1. The summed E-state index contributed by atoms with van der Waals surface area (Å²) >= 11 is 0. The van der Waals surface area contributed by atoms with E-state index in [2.05, 4.69) is 19.8 Å². The molecule has 0 amide bonds. The zero-order valence-corrected chi connectivity index (χ0v) is 26.5. The van der Waals surface area contributed by atoms with E-state index in [0.29, 0.717) is 29.7 Å². The molecule has 4 heterocycles. The third-order valence-electron chi connectivity index (χ3n) is 8.48. The lowest BCUT2D eigenvalue weighted by Gasteiger charge is -2.36. The van der Waals surface area contributed by atoms with Gasteiger partial charge in [0.25, 0.3) is 0 Å². The van der Waals surface area contributed by atoms with Crippen molar-refractivity contribution in [3.8, 4) is 11.1 Å². The molecular formula is C32H33F3N6O6S. The molecule has 6 rings (SSSR count). The maximum Gasteiger partial charge on any atom is 0.329 e. The minimum atomic E-state index is -4.34. The predicted molar refractivity (Wildman–Crippen MR) is 172 cm³/mol. The summed E-state index contributed by atoms with van der Waals surface area (Å²) in [5, 5.41) is 9.01. The van der Waals surface area contributed by atoms with Gasteiger partial charge >= 0.3 is 16.2 Å². The van der Waals surface area contributed by atoms with E-state index in [0.717, 1.165) is 53.9 Å². The first-order valence-corrected chi connectivity index (χ1v) is 16.7. The van der Waals surface area contributed by atoms with Crippen LogP contribution in [0.4, 0.5) is 24.5 Å². The summed E-state index contributed by atoms with van der Waals surface area (Å²) < 4.78 is 77.5. The summed E-state index contributed by atoms with van der Waals surface area (Å²) in [7, 11) is -4.34. The van der Waals surface area contributed by atoms with Crippen LogP contribution in [0.5, 0.6) is 0 Å². The van der Waals surface area contributed by atoms with Crippen LogP contribution in [0.25, 0.3) is 22.2 Å². The van der Waals surface area contributed by atoms with Crippen molar-refractivity contribution >= 4 is 44.4 Å². The number of piperazine rings is 1. The molecular weight excluding hydrogens is 653 g/mol. The number of benzene rings is 2. The molecule has 2 fully saturated rings. The van der Waals surface area contributed by atoms with Gasteiger partial charge in [-0.3, -0.25) is 14.4 Å². The van der Waals surface area contributed by atoms with Crippen LogP contribution in [0, 0.1) is 11.6 Å². The average Bonchev–Trinajstić information content (AvgIpc) is 3.71. The average molecular weight is 687 g/mol. The molecule has 3 N–H and O–H groups in total. The number of ether oxygens (including phenoxy) is 1. The lowest BCUT2D eigenvalue weighted by atomic mass is 9.99. The maximum atomic E-state index is 15.6. The number of anilines is 2. The topological polar surface area (TPSA) is 148 Å². The maximum absolute atomic E-state index is 15.6. The van der Waals surface area contributed by atoms with Gasteiger partial charge in [-0.15, -0.1) is 0 Å². The van der Waals surface area contributed by atoms with E-state index in [1.165, 1.54) is 6.20 Å². The number of nitrogens with zero attached hydrogens (tertiary/aromatic N) is 4. The Labute approximate surface area is 274 Å². The summed E-state index contributed by atoms with van der Waals surface area (Å²) in [4.78, 5) is 35.9. The summed E-state index contributed by atoms with van der Waals surface area (Å²) in [6.45, 7) is 3.40. The van der Waals surface area contributed by atoms with Gasteiger partial charge in [-0.05, 0) is 42.3 Å². The van der Waals surface area contributed by atoms with Crippen molar-refractivity contribution in [1.82, 2.24) is 19.2 Å². The number of H-pyrrole nitrogens is 1. The van der Waals surface area contributed by atoms with Gasteiger partial charge in [0, 0.05) is 80.4 Å². The Bertz CT molecular complexity index is 1930. The number of hydrogen-bond donors (Lipinski definition) is 3. The molecule has 0 unspecified atom stereocenters. The number of halogens is 3. The molecule has 0 bridgehead atoms. The number of aromatic amines is 1. The minimum absolute atomic E-state index is 0.00496. The Balaban J connectivity index is 1.17. The number of alkyl halides is 1. The van der Waals surface area contributed by atoms with Gasteiger partial charge in [-0.1, -0.05) is 12.1 Å². The number of aromatic nitrogens is 2. The van der Waals surface area contributed by atoms with Crippen molar-refractivity contribution in [1.29, 1.82) is 0 Å². The van der Waals surface area contributed by atoms with Gasteiger partial charge < -0.3 is 19.7 Å². The van der Waals surface area contributed by atoms with E-state index in [9.17, 15) is 26.8 Å². The van der Waals surface area contributed by atoms with Crippen molar-refractivity contribution < 1.29 is 41.0 Å². The molecule has 2 saturated heterocycles. The van der Waals surface area contributed by atoms with Gasteiger partial charge in [0.05, 0.1) is 17.9 Å². The zero-order chi connectivity index (χ0) is 34.0. The Morgan fingerprint density at radius 2 is 1.79 bits per heavy atom. The number of carboxylic acid groups (broad SMARTS) is 1. The van der Waals surface area contributed by atoms with Crippen molar-refractivity contribution in [3.05, 3.63) is 77.6 Å². The lowest BCUT2D eigenvalue weighted by Crippen LogP contribution is -2.47. The second kappa shape index (κ2) is 13.9. The Kier molecular flexibility index (Phi) is 9.68. The van der Waals surface area contributed by atoms with Crippen LogP contribution in [-0.2, 0) is 19.7 Å². The van der Waals surface area contributed by atoms with Crippen LogP contribution < -0.4 is 9.62 Å². The lowest BCUT2D eigenvalue weighted by molar-refractivity contribution is -0.142. The van der Waals surface area contributed by atoms with Crippen LogP contribution in [0.1, 0.15) is 22.3 Å². The largest absolute Gasteiger partial charge is 0.480 e. The van der Waals surface area contributed by atoms with Crippen molar-refractivity contribution in [2.45, 2.75) is 12.6 Å². The van der Waals surface area contributed by atoms with Gasteiger partial charge in [0.15, 0.2) is 5.82 Å². The number of fused-ring (bicyclic) bond motifs is 1. The number of pyridine rings is 1. The molecule has 4 aromatic rings. The van der Waals surface area contributed by atoms with Crippen LogP contribution in [0.3, 0.4) is 0 Å². The van der Waals surface area contributed by atoms with E-state index in [-0.39, 0.29) is 31.7 Å². The fraction of sp³-hybridized carbons (Fsp3) is 0.344. The van der Waals surface area contributed by atoms with E-state index < -0.39 is 51.0 Å². The summed E-state index contributed by atoms with van der Waals surface area (Å²) in [6.07, 6.45) is 1.57. The molecule has 16 heteroatoms. The fourth-order valence-electron chi connectivity index (χ4n) is 5.88. The third kappa shape index (κ3) is 7.16. The Morgan fingerprint density at radius 1 is 1.04 bits per heavy atom. The second-order valence-electron chi connectivity index (χ2n) is 11.6. The standard InChI is InChI=1S/C32H33F3N6O6S/c33-22-7-8-41(18-22)48(45,46)38-27-6-5-26(34)29(30(27)35)31(44)25-17-37-32-24(25)15-21(16-36-32)20-1-3-23(4-2-20)40-11-9-39(10-12-40)13-14-47-19-28(42)43/h1-6,15-17,22,38H,7-14,18-19H2,(H,36,37)(H,42,43)/t22-/m1/s1. The third-order valence-corrected chi connectivity index (χ3v) is 9.97.